The lowest BCUT2D eigenvalue weighted by molar-refractivity contribution is 0.0916. The smallest absolute Gasteiger partial charge is 0.254 e. The Hall–Kier alpha value is -2.99. The normalized spacial score (nSPS) is 12.0. The summed E-state index contributed by atoms with van der Waals surface area (Å²) in [5.74, 6) is -0.780. The monoisotopic (exact) mass is 339 g/mol. The van der Waals surface area contributed by atoms with Gasteiger partial charge in [0.05, 0.1) is 23.6 Å². The first-order valence-corrected chi connectivity index (χ1v) is 7.87. The van der Waals surface area contributed by atoms with Crippen LogP contribution >= 0.6 is 0 Å². The molecule has 2 N–H and O–H groups in total. The molecule has 1 aromatic heterocycles. The molecular weight excluding hydrogens is 321 g/mol. The molecular formula is C19H18FN3O2. The van der Waals surface area contributed by atoms with Crippen molar-refractivity contribution in [3.8, 4) is 5.69 Å². The van der Waals surface area contributed by atoms with Crippen LogP contribution in [0.5, 0.6) is 0 Å². The molecule has 0 bridgehead atoms. The number of nitrogens with zero attached hydrogens (tertiary/aromatic N) is 2. The summed E-state index contributed by atoms with van der Waals surface area (Å²) in [4.78, 5) is 12.2. The van der Waals surface area contributed by atoms with Gasteiger partial charge in [-0.25, -0.2) is 9.07 Å². The van der Waals surface area contributed by atoms with Crippen molar-refractivity contribution in [3.63, 3.8) is 0 Å². The maximum atomic E-state index is 13.2. The van der Waals surface area contributed by atoms with Crippen LogP contribution in [0.25, 0.3) is 5.69 Å². The number of carbonyl (C=O) groups is 1. The number of rotatable bonds is 5. The fourth-order valence-electron chi connectivity index (χ4n) is 2.52. The van der Waals surface area contributed by atoms with E-state index in [-0.39, 0.29) is 12.5 Å². The molecule has 3 aromatic rings. The van der Waals surface area contributed by atoms with Gasteiger partial charge in [-0.1, -0.05) is 30.3 Å². The number of benzene rings is 2. The van der Waals surface area contributed by atoms with Crippen molar-refractivity contribution in [1.29, 1.82) is 0 Å². The topological polar surface area (TPSA) is 67.2 Å². The highest BCUT2D eigenvalue weighted by Gasteiger charge is 2.13. The van der Waals surface area contributed by atoms with E-state index in [1.54, 1.807) is 16.9 Å². The van der Waals surface area contributed by atoms with Crippen molar-refractivity contribution in [2.45, 2.75) is 13.0 Å². The van der Waals surface area contributed by atoms with Crippen LogP contribution in [0.1, 0.15) is 27.6 Å². The van der Waals surface area contributed by atoms with Crippen molar-refractivity contribution in [3.05, 3.63) is 83.4 Å². The molecule has 1 amide bonds. The summed E-state index contributed by atoms with van der Waals surface area (Å²) in [5.41, 5.74) is 2.73. The minimum absolute atomic E-state index is 0.0160. The van der Waals surface area contributed by atoms with Crippen LogP contribution in [0.15, 0.2) is 60.9 Å². The predicted octanol–water partition coefficient (Wildman–Crippen LogP) is 2.78. The van der Waals surface area contributed by atoms with E-state index in [4.69, 9.17) is 0 Å². The number of aryl methyl sites for hydroxylation is 1. The number of hydrogen-bond donors (Lipinski definition) is 2. The van der Waals surface area contributed by atoms with Gasteiger partial charge in [-0.15, -0.1) is 0 Å². The molecule has 0 fully saturated rings. The molecule has 0 unspecified atom stereocenters. The van der Waals surface area contributed by atoms with E-state index in [1.165, 1.54) is 24.4 Å². The van der Waals surface area contributed by atoms with Crippen molar-refractivity contribution >= 4 is 5.91 Å². The van der Waals surface area contributed by atoms with E-state index in [9.17, 15) is 14.3 Å². The molecule has 1 heterocycles. The Morgan fingerprint density at radius 3 is 2.84 bits per heavy atom. The van der Waals surface area contributed by atoms with E-state index in [0.717, 1.165) is 11.3 Å². The number of carbonyl (C=O) groups excluding carboxylic acids is 1. The van der Waals surface area contributed by atoms with Crippen molar-refractivity contribution in [2.24, 2.45) is 0 Å². The van der Waals surface area contributed by atoms with Gasteiger partial charge in [0.2, 0.25) is 0 Å². The lowest BCUT2D eigenvalue weighted by Gasteiger charge is -2.11. The summed E-state index contributed by atoms with van der Waals surface area (Å²) >= 11 is 0. The standard InChI is InChI=1S/C19H18FN3O2/c1-13-5-2-3-8-17(13)23-12-15(10-22-23)19(25)21-11-18(24)14-6-4-7-16(20)9-14/h2-10,12,18,24H,11H2,1H3,(H,21,25)/t18-/m0/s1. The molecule has 0 aliphatic rings. The molecule has 6 heteroatoms. The molecule has 25 heavy (non-hydrogen) atoms. The van der Waals surface area contributed by atoms with E-state index in [2.05, 4.69) is 10.4 Å². The fraction of sp³-hybridized carbons (Fsp3) is 0.158. The number of para-hydroxylation sites is 1. The van der Waals surface area contributed by atoms with Gasteiger partial charge in [0.25, 0.3) is 5.91 Å². The van der Waals surface area contributed by atoms with Crippen LogP contribution in [-0.2, 0) is 0 Å². The summed E-state index contributed by atoms with van der Waals surface area (Å²) in [5, 5.41) is 16.9. The lowest BCUT2D eigenvalue weighted by atomic mass is 10.1. The van der Waals surface area contributed by atoms with Gasteiger partial charge in [0, 0.05) is 12.7 Å². The van der Waals surface area contributed by atoms with E-state index < -0.39 is 11.9 Å². The number of aliphatic hydroxyl groups excluding tert-OH is 1. The number of hydrogen-bond acceptors (Lipinski definition) is 3. The summed E-state index contributed by atoms with van der Waals surface area (Å²) in [6.45, 7) is 1.95. The molecule has 5 nitrogen and oxygen atoms in total. The van der Waals surface area contributed by atoms with Crippen molar-refractivity contribution in [1.82, 2.24) is 15.1 Å². The molecule has 0 radical (unpaired) electrons. The molecule has 0 saturated heterocycles. The zero-order valence-corrected chi connectivity index (χ0v) is 13.7. The number of nitrogens with one attached hydrogen (secondary N) is 1. The predicted molar refractivity (Wildman–Crippen MR) is 92.0 cm³/mol. The summed E-state index contributed by atoms with van der Waals surface area (Å²) < 4.78 is 14.8. The minimum Gasteiger partial charge on any atom is -0.387 e. The lowest BCUT2D eigenvalue weighted by Crippen LogP contribution is -2.28. The van der Waals surface area contributed by atoms with Crippen LogP contribution in [-0.4, -0.2) is 27.3 Å². The van der Waals surface area contributed by atoms with Gasteiger partial charge in [-0.2, -0.15) is 5.10 Å². The third-order valence-corrected chi connectivity index (χ3v) is 3.90. The SMILES string of the molecule is Cc1ccccc1-n1cc(C(=O)NC[C@H](O)c2cccc(F)c2)cn1. The second-order valence-corrected chi connectivity index (χ2v) is 5.74. The largest absolute Gasteiger partial charge is 0.387 e. The minimum atomic E-state index is -0.980. The van der Waals surface area contributed by atoms with E-state index >= 15 is 0 Å². The van der Waals surface area contributed by atoms with Crippen LogP contribution in [0, 0.1) is 12.7 Å². The van der Waals surface area contributed by atoms with Crippen molar-refractivity contribution < 1.29 is 14.3 Å². The molecule has 0 spiro atoms. The van der Waals surface area contributed by atoms with Gasteiger partial charge in [-0.3, -0.25) is 4.79 Å². The van der Waals surface area contributed by atoms with E-state index in [1.807, 2.05) is 31.2 Å². The zero-order valence-electron chi connectivity index (χ0n) is 13.7. The Balaban J connectivity index is 1.65. The molecule has 1 atom stereocenters. The zero-order chi connectivity index (χ0) is 17.8. The first-order chi connectivity index (χ1) is 12.0. The van der Waals surface area contributed by atoms with Gasteiger partial charge in [-0.05, 0) is 36.2 Å². The van der Waals surface area contributed by atoms with Crippen LogP contribution in [0.2, 0.25) is 0 Å². The van der Waals surface area contributed by atoms with Gasteiger partial charge < -0.3 is 10.4 Å². The Morgan fingerprint density at radius 2 is 2.08 bits per heavy atom. The maximum Gasteiger partial charge on any atom is 0.254 e. The second kappa shape index (κ2) is 7.27. The average Bonchev–Trinajstić information content (AvgIpc) is 3.09. The highest BCUT2D eigenvalue weighted by atomic mass is 19.1. The third-order valence-electron chi connectivity index (χ3n) is 3.90. The van der Waals surface area contributed by atoms with Crippen LogP contribution < -0.4 is 5.32 Å². The van der Waals surface area contributed by atoms with Crippen LogP contribution in [0.3, 0.4) is 0 Å². The highest BCUT2D eigenvalue weighted by Crippen LogP contribution is 2.15. The van der Waals surface area contributed by atoms with Gasteiger partial charge in [0.15, 0.2) is 0 Å². The first-order valence-electron chi connectivity index (χ1n) is 7.87. The molecule has 3 rings (SSSR count). The first kappa shape index (κ1) is 16.9. The molecule has 128 valence electrons. The number of halogens is 1. The summed E-state index contributed by atoms with van der Waals surface area (Å²) in [7, 11) is 0. The highest BCUT2D eigenvalue weighted by molar-refractivity contribution is 5.93. The maximum absolute atomic E-state index is 13.2. The van der Waals surface area contributed by atoms with E-state index in [0.29, 0.717) is 11.1 Å². The number of amides is 1. The third kappa shape index (κ3) is 3.92. The van der Waals surface area contributed by atoms with Crippen LogP contribution in [0.4, 0.5) is 4.39 Å². The molecule has 2 aromatic carbocycles. The summed E-state index contributed by atoms with van der Waals surface area (Å²) in [6.07, 6.45) is 2.12. The Morgan fingerprint density at radius 1 is 1.28 bits per heavy atom. The second-order valence-electron chi connectivity index (χ2n) is 5.74. The Kier molecular flexibility index (Phi) is 4.90. The number of aromatic nitrogens is 2. The Labute approximate surface area is 144 Å². The molecule has 0 saturated carbocycles. The average molecular weight is 339 g/mol. The quantitative estimate of drug-likeness (QED) is 0.751. The molecule has 0 aliphatic heterocycles. The van der Waals surface area contributed by atoms with Gasteiger partial charge in [0.1, 0.15) is 5.82 Å². The van der Waals surface area contributed by atoms with Gasteiger partial charge >= 0.3 is 0 Å². The Bertz CT molecular complexity index is 892. The van der Waals surface area contributed by atoms with Crippen molar-refractivity contribution in [2.75, 3.05) is 6.54 Å². The fourth-order valence-corrected chi connectivity index (χ4v) is 2.52. The molecule has 0 aliphatic carbocycles. The number of aliphatic hydroxyl groups is 1. The summed E-state index contributed by atoms with van der Waals surface area (Å²) in [6, 6.07) is 13.4.